The first-order valence-electron chi connectivity index (χ1n) is 3.77. The summed E-state index contributed by atoms with van der Waals surface area (Å²) in [6, 6.07) is 3.27. The number of hydrogen-bond donors (Lipinski definition) is 3. The van der Waals surface area contributed by atoms with Gasteiger partial charge in [-0.25, -0.2) is 4.39 Å². The van der Waals surface area contributed by atoms with Crippen molar-refractivity contribution in [1.29, 1.82) is 10.9 Å². The van der Waals surface area contributed by atoms with E-state index in [2.05, 4.69) is 5.22 Å². The third-order valence-corrected chi connectivity index (χ3v) is 1.58. The van der Waals surface area contributed by atoms with Gasteiger partial charge in [0.1, 0.15) is 23.1 Å². The highest BCUT2D eigenvalue weighted by atomic mass is 19.1. The second kappa shape index (κ2) is 3.82. The van der Waals surface area contributed by atoms with Crippen molar-refractivity contribution in [2.45, 2.75) is 6.92 Å². The van der Waals surface area contributed by atoms with E-state index in [1.54, 1.807) is 0 Å². The van der Waals surface area contributed by atoms with Crippen LogP contribution in [-0.2, 0) is 0 Å². The molecule has 6 heteroatoms. The molecule has 0 amide bonds. The number of phenols is 1. The highest BCUT2D eigenvalue weighted by Crippen LogP contribution is 2.28. The number of aromatic hydroxyl groups is 1. The van der Waals surface area contributed by atoms with Crippen LogP contribution in [0.1, 0.15) is 6.92 Å². The van der Waals surface area contributed by atoms with Crippen molar-refractivity contribution in [3.8, 4) is 5.75 Å². The van der Waals surface area contributed by atoms with Gasteiger partial charge in [0.15, 0.2) is 0 Å². The molecule has 0 heterocycles. The molecule has 0 aromatic heterocycles. The fourth-order valence-electron chi connectivity index (χ4n) is 0.985. The molecular formula is C8H9FN4O. The van der Waals surface area contributed by atoms with Gasteiger partial charge in [-0.3, -0.25) is 5.41 Å². The van der Waals surface area contributed by atoms with E-state index in [1.165, 1.54) is 13.0 Å². The van der Waals surface area contributed by atoms with Crippen LogP contribution in [-0.4, -0.2) is 10.9 Å². The van der Waals surface area contributed by atoms with Crippen LogP contribution in [0.25, 0.3) is 0 Å². The summed E-state index contributed by atoms with van der Waals surface area (Å²) in [5.74, 6) is -0.978. The van der Waals surface area contributed by atoms with Gasteiger partial charge in [0, 0.05) is 6.07 Å². The number of amidine groups is 1. The molecule has 1 aromatic rings. The van der Waals surface area contributed by atoms with E-state index < -0.39 is 5.82 Å². The normalized spacial score (nSPS) is 9.57. The first kappa shape index (κ1) is 10.1. The Hall–Kier alpha value is -1.98. The zero-order valence-corrected chi connectivity index (χ0v) is 7.45. The Morgan fingerprint density at radius 2 is 2.21 bits per heavy atom. The Balaban J connectivity index is 3.17. The Morgan fingerprint density at radius 3 is 2.64 bits per heavy atom. The third-order valence-electron chi connectivity index (χ3n) is 1.58. The van der Waals surface area contributed by atoms with Crippen molar-refractivity contribution in [3.05, 3.63) is 24.0 Å². The van der Waals surface area contributed by atoms with Crippen LogP contribution in [0.2, 0.25) is 0 Å². The molecule has 74 valence electrons. The zero-order chi connectivity index (χ0) is 10.7. The number of benzene rings is 1. The van der Waals surface area contributed by atoms with Crippen LogP contribution in [0.4, 0.5) is 10.1 Å². The molecule has 0 unspecified atom stereocenters. The lowest BCUT2D eigenvalue weighted by molar-refractivity contribution is 0.469. The maximum absolute atomic E-state index is 12.6. The fraction of sp³-hybridized carbons (Fsp3) is 0.125. The van der Waals surface area contributed by atoms with Crippen molar-refractivity contribution in [2.75, 3.05) is 5.01 Å². The average Bonchev–Trinajstić information content (AvgIpc) is 2.09. The van der Waals surface area contributed by atoms with Crippen LogP contribution in [0.5, 0.6) is 5.75 Å². The summed E-state index contributed by atoms with van der Waals surface area (Å²) in [5, 5.41) is 20.5. The molecule has 0 aliphatic carbocycles. The Bertz CT molecular complexity index is 380. The summed E-state index contributed by atoms with van der Waals surface area (Å²) in [7, 11) is 0. The first-order chi connectivity index (χ1) is 6.56. The van der Waals surface area contributed by atoms with Crippen LogP contribution in [0.15, 0.2) is 23.4 Å². The molecule has 0 saturated carbocycles. The molecule has 0 saturated heterocycles. The van der Waals surface area contributed by atoms with Gasteiger partial charge >= 0.3 is 0 Å². The van der Waals surface area contributed by atoms with E-state index in [-0.39, 0.29) is 17.3 Å². The van der Waals surface area contributed by atoms with E-state index in [1.807, 2.05) is 0 Å². The number of nitrogens with zero attached hydrogens (tertiary/aromatic N) is 2. The minimum Gasteiger partial charge on any atom is -0.506 e. The molecule has 3 N–H and O–H groups in total. The Morgan fingerprint density at radius 1 is 1.57 bits per heavy atom. The molecule has 0 atom stereocenters. The van der Waals surface area contributed by atoms with E-state index in [4.69, 9.17) is 10.9 Å². The second-order valence-electron chi connectivity index (χ2n) is 2.63. The quantitative estimate of drug-likeness (QED) is 0.293. The summed E-state index contributed by atoms with van der Waals surface area (Å²) in [5.41, 5.74) is 6.89. The molecule has 5 nitrogen and oxygen atoms in total. The lowest BCUT2D eigenvalue weighted by atomic mass is 10.2. The van der Waals surface area contributed by atoms with Crippen LogP contribution in [0.3, 0.4) is 0 Å². The summed E-state index contributed by atoms with van der Waals surface area (Å²) < 4.78 is 12.6. The van der Waals surface area contributed by atoms with E-state index in [0.29, 0.717) is 0 Å². The summed E-state index contributed by atoms with van der Waals surface area (Å²) in [4.78, 5) is 0. The maximum atomic E-state index is 12.6. The largest absolute Gasteiger partial charge is 0.506 e. The van der Waals surface area contributed by atoms with E-state index >= 15 is 0 Å². The fourth-order valence-corrected chi connectivity index (χ4v) is 0.985. The summed E-state index contributed by atoms with van der Waals surface area (Å²) in [6.07, 6.45) is 0. The van der Waals surface area contributed by atoms with Gasteiger partial charge in [0.05, 0.1) is 0 Å². The Labute approximate surface area is 79.8 Å². The lowest BCUT2D eigenvalue weighted by Gasteiger charge is -2.15. The Kier molecular flexibility index (Phi) is 2.76. The molecule has 1 aromatic carbocycles. The van der Waals surface area contributed by atoms with Crippen molar-refractivity contribution in [3.63, 3.8) is 0 Å². The van der Waals surface area contributed by atoms with E-state index in [0.717, 1.165) is 17.1 Å². The number of anilines is 1. The molecule has 0 spiro atoms. The predicted octanol–water partition coefficient (Wildman–Crippen LogP) is 2.28. The molecular weight excluding hydrogens is 187 g/mol. The van der Waals surface area contributed by atoms with E-state index in [9.17, 15) is 9.50 Å². The van der Waals surface area contributed by atoms with Crippen LogP contribution < -0.4 is 5.01 Å². The van der Waals surface area contributed by atoms with Crippen molar-refractivity contribution < 1.29 is 9.50 Å². The van der Waals surface area contributed by atoms with Gasteiger partial charge in [0.2, 0.25) is 0 Å². The second-order valence-corrected chi connectivity index (χ2v) is 2.63. The van der Waals surface area contributed by atoms with Crippen LogP contribution >= 0.6 is 0 Å². The summed E-state index contributed by atoms with van der Waals surface area (Å²) in [6.45, 7) is 1.40. The number of rotatable bonds is 2. The van der Waals surface area contributed by atoms with Crippen molar-refractivity contribution >= 4 is 11.5 Å². The van der Waals surface area contributed by atoms with Gasteiger partial charge in [-0.15, -0.1) is 0 Å². The zero-order valence-electron chi connectivity index (χ0n) is 7.45. The number of hydrogen-bond acceptors (Lipinski definition) is 4. The van der Waals surface area contributed by atoms with Gasteiger partial charge in [-0.05, 0) is 19.1 Å². The topological polar surface area (TPSA) is 83.5 Å². The highest BCUT2D eigenvalue weighted by molar-refractivity contribution is 5.94. The smallest absolute Gasteiger partial charge is 0.144 e. The maximum Gasteiger partial charge on any atom is 0.144 e. The van der Waals surface area contributed by atoms with Gasteiger partial charge in [0.25, 0.3) is 0 Å². The highest BCUT2D eigenvalue weighted by Gasteiger charge is 2.12. The molecule has 0 fully saturated rings. The predicted molar refractivity (Wildman–Crippen MR) is 49.1 cm³/mol. The standard InChI is InChI=1S/C8H9FN4O/c1-5(10)13(12-11)7-3-2-6(9)4-8(7)14/h2-4,10-11,14H,1H3. The monoisotopic (exact) mass is 196 g/mol. The molecule has 0 aliphatic rings. The third kappa shape index (κ3) is 1.85. The SMILES string of the molecule is CC(=N)N(N=N)c1ccc(F)cc1O. The number of nitrogens with one attached hydrogen (secondary N) is 2. The van der Waals surface area contributed by atoms with Crippen molar-refractivity contribution in [2.24, 2.45) is 5.22 Å². The lowest BCUT2D eigenvalue weighted by Crippen LogP contribution is -2.20. The number of phenolic OH excluding ortho intramolecular Hbond substituents is 1. The molecule has 0 radical (unpaired) electrons. The molecule has 14 heavy (non-hydrogen) atoms. The molecule has 0 bridgehead atoms. The first-order valence-corrected chi connectivity index (χ1v) is 3.77. The van der Waals surface area contributed by atoms with Crippen LogP contribution in [0, 0.1) is 16.8 Å². The summed E-state index contributed by atoms with van der Waals surface area (Å²) >= 11 is 0. The van der Waals surface area contributed by atoms with Crippen molar-refractivity contribution in [1.82, 2.24) is 0 Å². The minimum atomic E-state index is -0.584. The minimum absolute atomic E-state index is 0.0399. The molecule has 0 aliphatic heterocycles. The van der Waals surface area contributed by atoms with Gasteiger partial charge in [-0.1, -0.05) is 5.22 Å². The average molecular weight is 196 g/mol. The van der Waals surface area contributed by atoms with Gasteiger partial charge < -0.3 is 5.11 Å². The molecule has 1 rings (SSSR count). The van der Waals surface area contributed by atoms with Gasteiger partial charge in [-0.2, -0.15) is 10.5 Å². The number of halogens is 1.